The number of hydrogen-bond acceptors (Lipinski definition) is 4. The number of carbonyl (C=O) groups excluding carboxylic acids is 1. The van der Waals surface area contributed by atoms with E-state index in [9.17, 15) is 18.0 Å². The predicted octanol–water partition coefficient (Wildman–Crippen LogP) is 4.80. The van der Waals surface area contributed by atoms with Crippen molar-refractivity contribution in [1.29, 1.82) is 0 Å². The van der Waals surface area contributed by atoms with Crippen LogP contribution in [0.5, 0.6) is 0 Å². The zero-order valence-electron chi connectivity index (χ0n) is 14.9. The molecule has 0 atom stereocenters. The molecular weight excluding hydrogens is 357 g/mol. The summed E-state index contributed by atoms with van der Waals surface area (Å²) in [7, 11) is 0. The molecule has 1 aromatic carbocycles. The highest BCUT2D eigenvalue weighted by Crippen LogP contribution is 2.35. The van der Waals surface area contributed by atoms with Gasteiger partial charge < -0.3 is 10.6 Å². The number of benzene rings is 1. The van der Waals surface area contributed by atoms with E-state index in [2.05, 4.69) is 20.6 Å². The molecule has 27 heavy (non-hydrogen) atoms. The van der Waals surface area contributed by atoms with E-state index in [1.54, 1.807) is 6.92 Å². The van der Waals surface area contributed by atoms with Crippen LogP contribution in [-0.2, 0) is 6.18 Å². The quantitative estimate of drug-likeness (QED) is 0.802. The zero-order chi connectivity index (χ0) is 19.4. The lowest BCUT2D eigenvalue weighted by molar-refractivity contribution is -0.136. The van der Waals surface area contributed by atoms with Gasteiger partial charge in [0.2, 0.25) is 0 Å². The third kappa shape index (κ3) is 4.96. The van der Waals surface area contributed by atoms with Gasteiger partial charge in [-0.15, -0.1) is 0 Å². The third-order valence-corrected chi connectivity index (χ3v) is 4.59. The summed E-state index contributed by atoms with van der Waals surface area (Å²) in [4.78, 5) is 20.4. The lowest BCUT2D eigenvalue weighted by atomic mass is 9.95. The van der Waals surface area contributed by atoms with Crippen LogP contribution in [0, 0.1) is 6.92 Å². The van der Waals surface area contributed by atoms with Crippen LogP contribution in [0.15, 0.2) is 30.6 Å². The first kappa shape index (κ1) is 19.1. The molecule has 1 aliphatic carbocycles. The van der Waals surface area contributed by atoms with Gasteiger partial charge in [-0.3, -0.25) is 4.79 Å². The molecule has 0 bridgehead atoms. The number of carbonyl (C=O) groups is 1. The first-order chi connectivity index (χ1) is 12.8. The molecule has 2 aromatic rings. The predicted molar refractivity (Wildman–Crippen MR) is 96.7 cm³/mol. The number of halogens is 3. The van der Waals surface area contributed by atoms with Crippen LogP contribution in [0.25, 0.3) is 0 Å². The van der Waals surface area contributed by atoms with Crippen molar-refractivity contribution in [3.63, 3.8) is 0 Å². The Labute approximate surface area is 155 Å². The zero-order valence-corrected chi connectivity index (χ0v) is 14.9. The van der Waals surface area contributed by atoms with E-state index in [1.807, 2.05) is 0 Å². The molecule has 1 heterocycles. The summed E-state index contributed by atoms with van der Waals surface area (Å²) in [5.41, 5.74) is -0.706. The van der Waals surface area contributed by atoms with Crippen molar-refractivity contribution in [3.8, 4) is 0 Å². The number of nitrogens with zero attached hydrogens (tertiary/aromatic N) is 2. The van der Waals surface area contributed by atoms with Gasteiger partial charge in [-0.05, 0) is 31.9 Å². The van der Waals surface area contributed by atoms with Crippen LogP contribution in [-0.4, -0.2) is 21.9 Å². The van der Waals surface area contributed by atoms with Crippen molar-refractivity contribution in [2.24, 2.45) is 0 Å². The molecular formula is C19H21F3N4O. The second kappa shape index (κ2) is 7.94. The second-order valence-electron chi connectivity index (χ2n) is 6.77. The maximum Gasteiger partial charge on any atom is 0.418 e. The molecule has 0 aliphatic heterocycles. The van der Waals surface area contributed by atoms with Crippen LogP contribution in [0.1, 0.15) is 53.7 Å². The van der Waals surface area contributed by atoms with E-state index < -0.39 is 17.6 Å². The van der Waals surface area contributed by atoms with Gasteiger partial charge in [0.25, 0.3) is 5.91 Å². The van der Waals surface area contributed by atoms with E-state index in [-0.39, 0.29) is 11.4 Å². The maximum absolute atomic E-state index is 13.2. The third-order valence-electron chi connectivity index (χ3n) is 4.59. The second-order valence-corrected chi connectivity index (χ2v) is 6.77. The van der Waals surface area contributed by atoms with Crippen molar-refractivity contribution < 1.29 is 18.0 Å². The van der Waals surface area contributed by atoms with Crippen LogP contribution in [0.2, 0.25) is 0 Å². The summed E-state index contributed by atoms with van der Waals surface area (Å²) in [5, 5.41) is 5.59. The van der Waals surface area contributed by atoms with Gasteiger partial charge in [0.05, 0.1) is 11.3 Å². The first-order valence-corrected chi connectivity index (χ1v) is 8.91. The SMILES string of the molecule is Cc1ccc(NC(=O)c2cc(NC3CCCCC3)ncn2)c(C(F)(F)F)c1. The van der Waals surface area contributed by atoms with Crippen molar-refractivity contribution in [3.05, 3.63) is 47.4 Å². The lowest BCUT2D eigenvalue weighted by Gasteiger charge is -2.23. The molecule has 2 N–H and O–H groups in total. The number of hydrogen-bond donors (Lipinski definition) is 2. The van der Waals surface area contributed by atoms with E-state index >= 15 is 0 Å². The minimum atomic E-state index is -4.56. The number of nitrogens with one attached hydrogen (secondary N) is 2. The van der Waals surface area contributed by atoms with Gasteiger partial charge >= 0.3 is 6.18 Å². The number of alkyl halides is 3. The van der Waals surface area contributed by atoms with Gasteiger partial charge in [0.1, 0.15) is 17.8 Å². The number of amides is 1. The van der Waals surface area contributed by atoms with Crippen LogP contribution < -0.4 is 10.6 Å². The van der Waals surface area contributed by atoms with E-state index in [0.717, 1.165) is 31.7 Å². The van der Waals surface area contributed by atoms with E-state index in [1.165, 1.54) is 30.9 Å². The Bertz CT molecular complexity index is 817. The molecule has 3 rings (SSSR count). The molecule has 1 saturated carbocycles. The molecule has 1 aliphatic rings. The minimum absolute atomic E-state index is 0.0111. The number of aromatic nitrogens is 2. The van der Waals surface area contributed by atoms with Gasteiger partial charge in [-0.25, -0.2) is 9.97 Å². The van der Waals surface area contributed by atoms with Gasteiger partial charge in [-0.1, -0.05) is 30.9 Å². The van der Waals surface area contributed by atoms with Gasteiger partial charge in [-0.2, -0.15) is 13.2 Å². The number of aryl methyl sites for hydroxylation is 1. The van der Waals surface area contributed by atoms with Crippen LogP contribution in [0.4, 0.5) is 24.7 Å². The maximum atomic E-state index is 13.2. The van der Waals surface area contributed by atoms with Gasteiger partial charge in [0, 0.05) is 12.1 Å². The van der Waals surface area contributed by atoms with Crippen molar-refractivity contribution >= 4 is 17.4 Å². The fourth-order valence-electron chi connectivity index (χ4n) is 3.20. The monoisotopic (exact) mass is 378 g/mol. The summed E-state index contributed by atoms with van der Waals surface area (Å²) < 4.78 is 39.7. The Morgan fingerprint density at radius 3 is 2.56 bits per heavy atom. The first-order valence-electron chi connectivity index (χ1n) is 8.91. The fraction of sp³-hybridized carbons (Fsp3) is 0.421. The molecule has 8 heteroatoms. The Balaban J connectivity index is 1.76. The molecule has 0 radical (unpaired) electrons. The summed E-state index contributed by atoms with van der Waals surface area (Å²) >= 11 is 0. The lowest BCUT2D eigenvalue weighted by Crippen LogP contribution is -2.23. The van der Waals surface area contributed by atoms with Crippen molar-refractivity contribution in [2.45, 2.75) is 51.2 Å². The molecule has 1 fully saturated rings. The molecule has 0 unspecified atom stereocenters. The Kier molecular flexibility index (Phi) is 5.62. The largest absolute Gasteiger partial charge is 0.418 e. The number of rotatable bonds is 4. The average molecular weight is 378 g/mol. The molecule has 1 aromatic heterocycles. The Morgan fingerprint density at radius 2 is 1.85 bits per heavy atom. The Morgan fingerprint density at radius 1 is 1.11 bits per heavy atom. The van der Waals surface area contributed by atoms with Crippen LogP contribution in [0.3, 0.4) is 0 Å². The molecule has 144 valence electrons. The normalized spacial score (nSPS) is 15.4. The summed E-state index contributed by atoms with van der Waals surface area (Å²) in [5.74, 6) is -0.208. The topological polar surface area (TPSA) is 66.9 Å². The minimum Gasteiger partial charge on any atom is -0.367 e. The van der Waals surface area contributed by atoms with Crippen molar-refractivity contribution in [1.82, 2.24) is 9.97 Å². The van der Waals surface area contributed by atoms with Crippen molar-refractivity contribution in [2.75, 3.05) is 10.6 Å². The Hall–Kier alpha value is -2.64. The average Bonchev–Trinajstić information content (AvgIpc) is 2.63. The highest BCUT2D eigenvalue weighted by Gasteiger charge is 2.34. The highest BCUT2D eigenvalue weighted by atomic mass is 19.4. The number of anilines is 2. The van der Waals surface area contributed by atoms with E-state index in [4.69, 9.17) is 0 Å². The van der Waals surface area contributed by atoms with Gasteiger partial charge in [0.15, 0.2) is 0 Å². The smallest absolute Gasteiger partial charge is 0.367 e. The summed E-state index contributed by atoms with van der Waals surface area (Å²) in [6, 6.07) is 5.52. The molecule has 0 spiro atoms. The summed E-state index contributed by atoms with van der Waals surface area (Å²) in [6.07, 6.45) is 2.24. The summed E-state index contributed by atoms with van der Waals surface area (Å²) in [6.45, 7) is 1.56. The standard InChI is InChI=1S/C19H21F3N4O/c1-12-7-8-15(14(9-12)19(20,21)22)26-18(27)16-10-17(24-11-23-16)25-13-5-3-2-4-6-13/h7-11,13H,2-6H2,1H3,(H,26,27)(H,23,24,25). The fourth-order valence-corrected chi connectivity index (χ4v) is 3.20. The molecule has 5 nitrogen and oxygen atoms in total. The van der Waals surface area contributed by atoms with E-state index in [0.29, 0.717) is 17.4 Å². The molecule has 0 saturated heterocycles. The molecule has 1 amide bonds. The van der Waals surface area contributed by atoms with Crippen LogP contribution >= 0.6 is 0 Å². The highest BCUT2D eigenvalue weighted by molar-refractivity contribution is 6.03.